The van der Waals surface area contributed by atoms with E-state index in [1.54, 1.807) is 24.3 Å². The van der Waals surface area contributed by atoms with Crippen LogP contribution in [-0.4, -0.2) is 69.2 Å². The van der Waals surface area contributed by atoms with Gasteiger partial charge in [0.15, 0.2) is 11.6 Å². The predicted octanol–water partition coefficient (Wildman–Crippen LogP) is 2.23. The number of benzene rings is 1. The van der Waals surface area contributed by atoms with Gasteiger partial charge in [-0.25, -0.2) is 9.37 Å². The van der Waals surface area contributed by atoms with Crippen LogP contribution in [-0.2, 0) is 0 Å². The highest BCUT2D eigenvalue weighted by Gasteiger charge is 2.46. The van der Waals surface area contributed by atoms with Gasteiger partial charge in [-0.05, 0) is 43.0 Å². The van der Waals surface area contributed by atoms with E-state index in [1.165, 1.54) is 13.4 Å². The Morgan fingerprint density at radius 1 is 1.16 bits per heavy atom. The standard InChI is InChI=1S/C22H24FN7O2/c1-30(20-13-4-6-16(19(20)23)24-10-13)18-8-7-15(28-29-18)14-5-3-12(9-17(14)31)21-25-11-26-22(27-21)32-2/h3,5,7-9,11,13,16,19-20,24,31H,4,6,10H2,1-2H3/t13?,16?,19-,20+/m1/s1. The minimum absolute atomic E-state index is 0.0248. The van der Waals surface area contributed by atoms with Crippen LogP contribution in [0.25, 0.3) is 22.6 Å². The molecule has 3 aliphatic rings. The summed E-state index contributed by atoms with van der Waals surface area (Å²) >= 11 is 0. The summed E-state index contributed by atoms with van der Waals surface area (Å²) in [5.74, 6) is 1.28. The molecular weight excluding hydrogens is 413 g/mol. The third-order valence-corrected chi connectivity index (χ3v) is 6.41. The number of hydrogen-bond donors (Lipinski definition) is 2. The first-order chi connectivity index (χ1) is 15.5. The number of methoxy groups -OCH3 is 1. The molecule has 2 N–H and O–H groups in total. The van der Waals surface area contributed by atoms with Crippen molar-refractivity contribution in [1.29, 1.82) is 0 Å². The predicted molar refractivity (Wildman–Crippen MR) is 116 cm³/mol. The molecule has 2 saturated heterocycles. The Kier molecular flexibility index (Phi) is 5.30. The maximum atomic E-state index is 14.9. The molecule has 2 bridgehead atoms. The highest BCUT2D eigenvalue weighted by atomic mass is 19.1. The number of hydrogen-bond acceptors (Lipinski definition) is 9. The van der Waals surface area contributed by atoms with Gasteiger partial charge in [0.25, 0.3) is 0 Å². The van der Waals surface area contributed by atoms with E-state index in [0.717, 1.165) is 19.4 Å². The molecule has 1 saturated carbocycles. The molecule has 2 aromatic heterocycles. The number of rotatable bonds is 5. The van der Waals surface area contributed by atoms with Gasteiger partial charge < -0.3 is 20.1 Å². The minimum Gasteiger partial charge on any atom is -0.507 e. The lowest BCUT2D eigenvalue weighted by molar-refractivity contribution is 0.0702. The smallest absolute Gasteiger partial charge is 0.319 e. The number of phenols is 1. The van der Waals surface area contributed by atoms with Crippen LogP contribution in [0.5, 0.6) is 11.8 Å². The molecular formula is C22H24FN7O2. The van der Waals surface area contributed by atoms with Crippen molar-refractivity contribution in [3.05, 3.63) is 36.7 Å². The van der Waals surface area contributed by atoms with E-state index < -0.39 is 6.17 Å². The Labute approximate surface area is 184 Å². The number of aromatic nitrogens is 5. The number of alkyl halides is 1. The highest BCUT2D eigenvalue weighted by Crippen LogP contribution is 2.36. The van der Waals surface area contributed by atoms with Crippen LogP contribution in [0, 0.1) is 5.92 Å². The van der Waals surface area contributed by atoms with E-state index in [-0.39, 0.29) is 29.8 Å². The van der Waals surface area contributed by atoms with Crippen molar-refractivity contribution in [2.24, 2.45) is 5.92 Å². The van der Waals surface area contributed by atoms with Crippen molar-refractivity contribution >= 4 is 5.82 Å². The number of ether oxygens (including phenoxy) is 1. The maximum Gasteiger partial charge on any atom is 0.319 e. The summed E-state index contributed by atoms with van der Waals surface area (Å²) < 4.78 is 19.9. The average molecular weight is 437 g/mol. The molecule has 3 fully saturated rings. The zero-order chi connectivity index (χ0) is 22.2. The highest BCUT2D eigenvalue weighted by molar-refractivity contribution is 5.72. The fourth-order valence-corrected chi connectivity index (χ4v) is 4.71. The second-order valence-electron chi connectivity index (χ2n) is 8.20. The van der Waals surface area contributed by atoms with E-state index >= 15 is 0 Å². The Hall–Kier alpha value is -3.40. The van der Waals surface area contributed by atoms with Crippen LogP contribution in [0.15, 0.2) is 36.7 Å². The van der Waals surface area contributed by atoms with Gasteiger partial charge in [0, 0.05) is 30.8 Å². The average Bonchev–Trinajstić information content (AvgIpc) is 2.84. The van der Waals surface area contributed by atoms with Crippen LogP contribution in [0.4, 0.5) is 10.2 Å². The summed E-state index contributed by atoms with van der Waals surface area (Å²) in [6.07, 6.45) is 2.32. The lowest BCUT2D eigenvalue weighted by atomic mass is 9.75. The van der Waals surface area contributed by atoms with E-state index in [9.17, 15) is 9.50 Å². The van der Waals surface area contributed by atoms with Gasteiger partial charge in [-0.2, -0.15) is 9.97 Å². The quantitative estimate of drug-likeness (QED) is 0.621. The van der Waals surface area contributed by atoms with Crippen LogP contribution in [0.2, 0.25) is 0 Å². The molecule has 0 amide bonds. The zero-order valence-electron chi connectivity index (χ0n) is 17.8. The summed E-state index contributed by atoms with van der Waals surface area (Å²) in [7, 11) is 3.35. The van der Waals surface area contributed by atoms with Gasteiger partial charge in [0.05, 0.1) is 18.8 Å². The number of piperidine rings is 2. The van der Waals surface area contributed by atoms with Gasteiger partial charge in [-0.1, -0.05) is 6.07 Å². The monoisotopic (exact) mass is 437 g/mol. The van der Waals surface area contributed by atoms with Crippen LogP contribution in [0.1, 0.15) is 12.8 Å². The third-order valence-electron chi connectivity index (χ3n) is 6.41. The Morgan fingerprint density at radius 2 is 2.03 bits per heavy atom. The number of fused-ring (bicyclic) bond motifs is 3. The lowest BCUT2D eigenvalue weighted by Crippen LogP contribution is -2.64. The number of halogens is 1. The molecule has 6 rings (SSSR count). The normalized spacial score (nSPS) is 24.3. The summed E-state index contributed by atoms with van der Waals surface area (Å²) in [5.41, 5.74) is 1.66. The Morgan fingerprint density at radius 3 is 2.69 bits per heavy atom. The largest absolute Gasteiger partial charge is 0.507 e. The molecule has 4 heterocycles. The van der Waals surface area contributed by atoms with Crippen molar-refractivity contribution in [2.45, 2.75) is 31.1 Å². The molecule has 0 spiro atoms. The summed E-state index contributed by atoms with van der Waals surface area (Å²) in [6, 6.07) is 8.58. The molecule has 32 heavy (non-hydrogen) atoms. The van der Waals surface area contributed by atoms with Gasteiger partial charge in [-0.15, -0.1) is 10.2 Å². The molecule has 9 nitrogen and oxygen atoms in total. The first-order valence-corrected chi connectivity index (χ1v) is 10.6. The fourth-order valence-electron chi connectivity index (χ4n) is 4.71. The molecule has 1 aromatic carbocycles. The van der Waals surface area contributed by atoms with Crippen LogP contribution in [0.3, 0.4) is 0 Å². The van der Waals surface area contributed by atoms with E-state index in [1.807, 2.05) is 18.0 Å². The summed E-state index contributed by atoms with van der Waals surface area (Å²) in [6.45, 7) is 0.832. The second-order valence-corrected chi connectivity index (χ2v) is 8.20. The topological polar surface area (TPSA) is 109 Å². The Balaban J connectivity index is 1.37. The third kappa shape index (κ3) is 3.60. The number of phenolic OH excluding ortho intramolecular Hbond substituents is 1. The van der Waals surface area contributed by atoms with Gasteiger partial charge >= 0.3 is 6.01 Å². The fraction of sp³-hybridized carbons (Fsp3) is 0.409. The number of aromatic hydroxyl groups is 1. The first-order valence-electron chi connectivity index (χ1n) is 10.6. The van der Waals surface area contributed by atoms with E-state index in [4.69, 9.17) is 4.74 Å². The molecule has 166 valence electrons. The maximum absolute atomic E-state index is 14.9. The van der Waals surface area contributed by atoms with Crippen molar-refractivity contribution in [3.63, 3.8) is 0 Å². The molecule has 4 atom stereocenters. The van der Waals surface area contributed by atoms with Crippen molar-refractivity contribution in [2.75, 3.05) is 25.6 Å². The summed E-state index contributed by atoms with van der Waals surface area (Å²) in [5, 5.41) is 22.5. The van der Waals surface area contributed by atoms with E-state index in [2.05, 4.69) is 30.5 Å². The van der Waals surface area contributed by atoms with Crippen LogP contribution >= 0.6 is 0 Å². The van der Waals surface area contributed by atoms with Gasteiger partial charge in [0.2, 0.25) is 0 Å². The minimum atomic E-state index is -0.931. The van der Waals surface area contributed by atoms with Gasteiger partial charge in [0.1, 0.15) is 18.2 Å². The van der Waals surface area contributed by atoms with Crippen molar-refractivity contribution in [3.8, 4) is 34.4 Å². The van der Waals surface area contributed by atoms with Gasteiger partial charge in [-0.3, -0.25) is 0 Å². The number of nitrogens with one attached hydrogen (secondary N) is 1. The molecule has 0 radical (unpaired) electrons. The molecule has 1 aliphatic carbocycles. The summed E-state index contributed by atoms with van der Waals surface area (Å²) in [4.78, 5) is 14.1. The Bertz CT molecular complexity index is 1100. The second kappa shape index (κ2) is 8.27. The lowest BCUT2D eigenvalue weighted by Gasteiger charge is -2.49. The molecule has 10 heteroatoms. The van der Waals surface area contributed by atoms with Crippen molar-refractivity contribution in [1.82, 2.24) is 30.5 Å². The SMILES string of the molecule is COc1ncnc(-c2ccc(-c3ccc(N(C)[C@H]4C5CCC(NC5)[C@H]4F)nn3)c(O)c2)n1. The van der Waals surface area contributed by atoms with Crippen LogP contribution < -0.4 is 15.0 Å². The molecule has 3 aromatic rings. The number of anilines is 1. The zero-order valence-corrected chi connectivity index (χ0v) is 17.8. The molecule has 2 unspecified atom stereocenters. The van der Waals surface area contributed by atoms with Crippen molar-refractivity contribution < 1.29 is 14.2 Å². The molecule has 2 aliphatic heterocycles. The van der Waals surface area contributed by atoms with E-state index in [0.29, 0.717) is 28.5 Å². The first kappa shape index (κ1) is 20.5. The number of nitrogens with zero attached hydrogens (tertiary/aromatic N) is 6.